The smallest absolute Gasteiger partial charge is 0.124 e. The number of benzene rings is 2. The van der Waals surface area contributed by atoms with Gasteiger partial charge in [-0.2, -0.15) is 0 Å². The maximum absolute atomic E-state index is 6.12. The van der Waals surface area contributed by atoms with Gasteiger partial charge in [-0.3, -0.25) is 0 Å². The van der Waals surface area contributed by atoms with E-state index in [0.29, 0.717) is 5.92 Å². The summed E-state index contributed by atoms with van der Waals surface area (Å²) in [5.41, 5.74) is 8.54. The first-order valence-corrected chi connectivity index (χ1v) is 8.05. The Morgan fingerprint density at radius 1 is 1.00 bits per heavy atom. The Balaban J connectivity index is 2.30. The number of ether oxygens (including phenoxy) is 1. The third-order valence-corrected chi connectivity index (χ3v) is 4.56. The summed E-state index contributed by atoms with van der Waals surface area (Å²) in [7, 11) is 1.69. The van der Waals surface area contributed by atoms with Gasteiger partial charge in [0.15, 0.2) is 0 Å². The van der Waals surface area contributed by atoms with Crippen molar-refractivity contribution in [1.29, 1.82) is 0 Å². The summed E-state index contributed by atoms with van der Waals surface area (Å²) in [6.45, 7) is 6.40. The van der Waals surface area contributed by atoms with Crippen molar-refractivity contribution in [3.05, 3.63) is 53.6 Å². The minimum atomic E-state index is -0.0569. The van der Waals surface area contributed by atoms with Crippen molar-refractivity contribution in [2.45, 2.75) is 42.5 Å². The predicted molar refractivity (Wildman–Crippen MR) is 90.3 cm³/mol. The molecule has 0 unspecified atom stereocenters. The zero-order chi connectivity index (χ0) is 15.4. The molecule has 2 nitrogen and oxygen atoms in total. The third-order valence-electron chi connectivity index (χ3n) is 3.48. The molecule has 0 fully saturated rings. The van der Waals surface area contributed by atoms with Crippen LogP contribution in [0.2, 0.25) is 0 Å². The number of methoxy groups -OCH3 is 1. The SMILES string of the molecule is COc1cccc(Sc2ccc(C(C)C)cc2)c1[C@H](C)N. The summed E-state index contributed by atoms with van der Waals surface area (Å²) in [5, 5.41) is 0. The first-order valence-electron chi connectivity index (χ1n) is 7.23. The van der Waals surface area contributed by atoms with E-state index in [1.165, 1.54) is 10.5 Å². The van der Waals surface area contributed by atoms with Gasteiger partial charge in [0.2, 0.25) is 0 Å². The molecule has 0 aliphatic heterocycles. The molecule has 0 amide bonds. The number of nitrogens with two attached hydrogens (primary N) is 1. The van der Waals surface area contributed by atoms with Crippen molar-refractivity contribution in [1.82, 2.24) is 0 Å². The second kappa shape index (κ2) is 7.01. The highest BCUT2D eigenvalue weighted by atomic mass is 32.2. The van der Waals surface area contributed by atoms with Crippen LogP contribution in [0.1, 0.15) is 43.9 Å². The molecular weight excluding hydrogens is 278 g/mol. The molecule has 0 saturated heterocycles. The quantitative estimate of drug-likeness (QED) is 0.845. The van der Waals surface area contributed by atoms with Gasteiger partial charge in [-0.1, -0.05) is 43.8 Å². The Bertz CT molecular complexity index is 591. The lowest BCUT2D eigenvalue weighted by molar-refractivity contribution is 0.405. The van der Waals surface area contributed by atoms with E-state index in [9.17, 15) is 0 Å². The van der Waals surface area contributed by atoms with Crippen LogP contribution in [-0.4, -0.2) is 7.11 Å². The van der Waals surface area contributed by atoms with Crippen LogP contribution in [0.25, 0.3) is 0 Å². The Hall–Kier alpha value is -1.45. The Labute approximate surface area is 131 Å². The maximum atomic E-state index is 6.12. The molecule has 21 heavy (non-hydrogen) atoms. The average molecular weight is 301 g/mol. The standard InChI is InChI=1S/C18H23NOS/c1-12(2)14-8-10-15(11-9-14)21-17-7-5-6-16(20-4)18(17)13(3)19/h5-13H,19H2,1-4H3/t13-/m0/s1. The lowest BCUT2D eigenvalue weighted by Gasteiger charge is -2.16. The topological polar surface area (TPSA) is 35.2 Å². The van der Waals surface area contributed by atoms with E-state index >= 15 is 0 Å². The molecule has 0 aliphatic carbocycles. The molecule has 0 aliphatic rings. The molecule has 0 saturated carbocycles. The van der Waals surface area contributed by atoms with Crippen molar-refractivity contribution in [3.63, 3.8) is 0 Å². The Morgan fingerprint density at radius 3 is 2.19 bits per heavy atom. The number of rotatable bonds is 5. The van der Waals surface area contributed by atoms with Crippen LogP contribution in [0.3, 0.4) is 0 Å². The van der Waals surface area contributed by atoms with E-state index < -0.39 is 0 Å². The van der Waals surface area contributed by atoms with E-state index in [1.807, 2.05) is 19.1 Å². The van der Waals surface area contributed by atoms with Crippen LogP contribution in [0.15, 0.2) is 52.3 Å². The van der Waals surface area contributed by atoms with Gasteiger partial charge in [0.25, 0.3) is 0 Å². The molecule has 2 aromatic carbocycles. The molecular formula is C18H23NOS. The van der Waals surface area contributed by atoms with Crippen LogP contribution in [0.4, 0.5) is 0 Å². The van der Waals surface area contributed by atoms with Gasteiger partial charge in [-0.05, 0) is 42.7 Å². The molecule has 3 heteroatoms. The monoisotopic (exact) mass is 301 g/mol. The lowest BCUT2D eigenvalue weighted by Crippen LogP contribution is -2.08. The summed E-state index contributed by atoms with van der Waals surface area (Å²) in [4.78, 5) is 2.37. The molecule has 2 rings (SSSR count). The summed E-state index contributed by atoms with van der Waals surface area (Å²) in [5.74, 6) is 1.41. The van der Waals surface area contributed by atoms with Gasteiger partial charge in [-0.15, -0.1) is 0 Å². The maximum Gasteiger partial charge on any atom is 0.124 e. The van der Waals surface area contributed by atoms with Gasteiger partial charge in [0.1, 0.15) is 5.75 Å². The first kappa shape index (κ1) is 15.9. The summed E-state index contributed by atoms with van der Waals surface area (Å²) >= 11 is 1.73. The Kier molecular flexibility index (Phi) is 5.32. The molecule has 0 heterocycles. The average Bonchev–Trinajstić information content (AvgIpc) is 2.47. The second-order valence-electron chi connectivity index (χ2n) is 5.49. The minimum Gasteiger partial charge on any atom is -0.496 e. The predicted octanol–water partition coefficient (Wildman–Crippen LogP) is 4.99. The van der Waals surface area contributed by atoms with Crippen molar-refractivity contribution in [2.24, 2.45) is 5.73 Å². The van der Waals surface area contributed by atoms with Crippen LogP contribution in [0.5, 0.6) is 5.75 Å². The number of hydrogen-bond acceptors (Lipinski definition) is 3. The van der Waals surface area contributed by atoms with E-state index in [0.717, 1.165) is 16.2 Å². The highest BCUT2D eigenvalue weighted by Gasteiger charge is 2.14. The normalized spacial score (nSPS) is 12.5. The molecule has 1 atom stereocenters. The Morgan fingerprint density at radius 2 is 1.67 bits per heavy atom. The first-order chi connectivity index (χ1) is 10.0. The van der Waals surface area contributed by atoms with Crippen molar-refractivity contribution in [3.8, 4) is 5.75 Å². The molecule has 0 bridgehead atoms. The summed E-state index contributed by atoms with van der Waals surface area (Å²) in [6, 6.07) is 14.7. The molecule has 2 aromatic rings. The highest BCUT2D eigenvalue weighted by Crippen LogP contribution is 2.37. The highest BCUT2D eigenvalue weighted by molar-refractivity contribution is 7.99. The fraction of sp³-hybridized carbons (Fsp3) is 0.333. The molecule has 0 radical (unpaired) electrons. The molecule has 2 N–H and O–H groups in total. The van der Waals surface area contributed by atoms with E-state index in [1.54, 1.807) is 18.9 Å². The van der Waals surface area contributed by atoms with Crippen LogP contribution in [-0.2, 0) is 0 Å². The summed E-state index contributed by atoms with van der Waals surface area (Å²) < 4.78 is 5.44. The fourth-order valence-electron chi connectivity index (χ4n) is 2.29. The molecule has 112 valence electrons. The van der Waals surface area contributed by atoms with Gasteiger partial charge in [0.05, 0.1) is 7.11 Å². The van der Waals surface area contributed by atoms with Crippen LogP contribution >= 0.6 is 11.8 Å². The van der Waals surface area contributed by atoms with Gasteiger partial charge < -0.3 is 10.5 Å². The summed E-state index contributed by atoms with van der Waals surface area (Å²) in [6.07, 6.45) is 0. The van der Waals surface area contributed by atoms with Crippen LogP contribution < -0.4 is 10.5 Å². The van der Waals surface area contributed by atoms with Crippen molar-refractivity contribution < 1.29 is 4.74 Å². The largest absolute Gasteiger partial charge is 0.496 e. The lowest BCUT2D eigenvalue weighted by atomic mass is 10.0. The fourth-order valence-corrected chi connectivity index (χ4v) is 3.36. The zero-order valence-electron chi connectivity index (χ0n) is 13.1. The van der Waals surface area contributed by atoms with Crippen molar-refractivity contribution >= 4 is 11.8 Å². The van der Waals surface area contributed by atoms with Gasteiger partial charge in [0, 0.05) is 21.4 Å². The zero-order valence-corrected chi connectivity index (χ0v) is 13.9. The minimum absolute atomic E-state index is 0.0569. The third kappa shape index (κ3) is 3.80. The number of hydrogen-bond donors (Lipinski definition) is 1. The van der Waals surface area contributed by atoms with Gasteiger partial charge >= 0.3 is 0 Å². The van der Waals surface area contributed by atoms with Crippen LogP contribution in [0, 0.1) is 0 Å². The molecule has 0 spiro atoms. The molecule has 0 aromatic heterocycles. The second-order valence-corrected chi connectivity index (χ2v) is 6.60. The van der Waals surface area contributed by atoms with Crippen molar-refractivity contribution in [2.75, 3.05) is 7.11 Å². The van der Waals surface area contributed by atoms with Gasteiger partial charge in [-0.25, -0.2) is 0 Å². The van der Waals surface area contributed by atoms with E-state index in [2.05, 4.69) is 44.2 Å². The van der Waals surface area contributed by atoms with E-state index in [4.69, 9.17) is 10.5 Å². The van der Waals surface area contributed by atoms with E-state index in [-0.39, 0.29) is 6.04 Å².